The third kappa shape index (κ3) is 7.24. The van der Waals surface area contributed by atoms with E-state index in [2.05, 4.69) is 63.7 Å². The Morgan fingerprint density at radius 1 is 0.600 bits per heavy atom. The topological polar surface area (TPSA) is 168 Å². The predicted octanol–water partition coefficient (Wildman–Crippen LogP) is 9.05. The summed E-state index contributed by atoms with van der Waals surface area (Å²) in [6.07, 6.45) is 0. The van der Waals surface area contributed by atoms with Crippen molar-refractivity contribution in [2.24, 2.45) is 0 Å². The average Bonchev–Trinajstić information content (AvgIpc) is 2.99. The first kappa shape index (κ1) is 34.2. The van der Waals surface area contributed by atoms with Gasteiger partial charge in [-0.15, -0.1) is 0 Å². The maximum atomic E-state index is 11.6. The molecule has 1 unspecified atom stereocenters. The van der Waals surface area contributed by atoms with Crippen LogP contribution in [0.4, 0.5) is 0 Å². The van der Waals surface area contributed by atoms with Gasteiger partial charge in [-0.2, -0.15) is 0 Å². The summed E-state index contributed by atoms with van der Waals surface area (Å²) in [5, 5.41) is 37.9. The monoisotopic (exact) mass is 868 g/mol. The molecule has 0 aromatic heterocycles. The van der Waals surface area contributed by atoms with Gasteiger partial charge in [0.2, 0.25) is 0 Å². The molecule has 4 rings (SSSR count). The number of carboxylic acids is 4. The van der Waals surface area contributed by atoms with E-state index < -0.39 is 40.4 Å². The van der Waals surface area contributed by atoms with Crippen LogP contribution in [-0.4, -0.2) is 49.6 Å². The zero-order valence-corrected chi connectivity index (χ0v) is 29.2. The average molecular weight is 872 g/mol. The van der Waals surface area contributed by atoms with E-state index in [0.717, 1.165) is 23.3 Å². The third-order valence-corrected chi connectivity index (χ3v) is 9.74. The number of halogens is 4. The highest BCUT2D eigenvalue weighted by Gasteiger charge is 2.31. The summed E-state index contributed by atoms with van der Waals surface area (Å²) < 4.78 is 13.5. The first-order valence-electron chi connectivity index (χ1n) is 12.6. The van der Waals surface area contributed by atoms with Gasteiger partial charge < -0.3 is 29.9 Å². The minimum absolute atomic E-state index is 0.127. The Kier molecular flexibility index (Phi) is 10.4. The molecule has 4 N–H and O–H groups in total. The number of aromatic carboxylic acids is 4. The van der Waals surface area contributed by atoms with Gasteiger partial charge in [0.25, 0.3) is 0 Å². The first-order chi connectivity index (χ1) is 21.2. The molecule has 0 bridgehead atoms. The Labute approximate surface area is 289 Å². The Morgan fingerprint density at radius 3 is 1.47 bits per heavy atom. The summed E-state index contributed by atoms with van der Waals surface area (Å²) >= 11 is 14.2. The van der Waals surface area contributed by atoms with Gasteiger partial charge >= 0.3 is 23.9 Å². The van der Waals surface area contributed by atoms with Crippen molar-refractivity contribution in [1.82, 2.24) is 0 Å². The summed E-state index contributed by atoms with van der Waals surface area (Å²) in [6.45, 7) is 2.01. The highest BCUT2D eigenvalue weighted by molar-refractivity contribution is 9.11. The van der Waals surface area contributed by atoms with Crippen molar-refractivity contribution in [1.29, 1.82) is 0 Å². The lowest BCUT2D eigenvalue weighted by Gasteiger charge is -2.30. The number of alkyl halides is 1. The molecule has 0 saturated carbocycles. The van der Waals surface area contributed by atoms with Gasteiger partial charge in [0.05, 0.1) is 35.7 Å². The minimum atomic E-state index is -1.40. The smallest absolute Gasteiger partial charge is 0.336 e. The van der Waals surface area contributed by atoms with Crippen LogP contribution in [0.1, 0.15) is 59.5 Å². The molecule has 45 heavy (non-hydrogen) atoms. The molecule has 1 atom stereocenters. The van der Waals surface area contributed by atoms with Crippen molar-refractivity contribution in [2.75, 3.05) is 5.33 Å². The van der Waals surface area contributed by atoms with Crippen LogP contribution in [0, 0.1) is 0 Å². The molecular formula is C31H20Br4O10. The van der Waals surface area contributed by atoms with Gasteiger partial charge in [0.1, 0.15) is 17.2 Å². The normalized spacial score (nSPS) is 12.2. The molecule has 14 heteroatoms. The molecule has 4 aromatic carbocycles. The molecule has 0 radical (unpaired) electrons. The maximum Gasteiger partial charge on any atom is 0.336 e. The maximum absolute atomic E-state index is 11.6. The zero-order valence-electron chi connectivity index (χ0n) is 22.8. The number of benzene rings is 4. The largest absolute Gasteiger partial charge is 0.478 e. The predicted molar refractivity (Wildman–Crippen MR) is 177 cm³/mol. The molecule has 0 spiro atoms. The van der Waals surface area contributed by atoms with Crippen molar-refractivity contribution in [2.45, 2.75) is 12.3 Å². The van der Waals surface area contributed by atoms with Crippen molar-refractivity contribution in [3.8, 4) is 23.0 Å². The summed E-state index contributed by atoms with van der Waals surface area (Å²) in [5.74, 6) is -4.54. The van der Waals surface area contributed by atoms with Gasteiger partial charge in [-0.1, -0.05) is 28.9 Å². The number of carbonyl (C=O) groups is 4. The number of hydrogen-bond donors (Lipinski definition) is 4. The summed E-state index contributed by atoms with van der Waals surface area (Å²) in [6, 6.07) is 16.5. The highest BCUT2D eigenvalue weighted by atomic mass is 79.9. The number of hydrogen-bond acceptors (Lipinski definition) is 6. The van der Waals surface area contributed by atoms with Crippen molar-refractivity contribution < 1.29 is 49.1 Å². The lowest BCUT2D eigenvalue weighted by Crippen LogP contribution is -2.25. The van der Waals surface area contributed by atoms with Crippen LogP contribution in [0.15, 0.2) is 80.1 Å². The van der Waals surface area contributed by atoms with Gasteiger partial charge in [-0.25, -0.2) is 19.2 Å². The van der Waals surface area contributed by atoms with Crippen LogP contribution in [-0.2, 0) is 5.41 Å². The Bertz CT molecular complexity index is 1850. The summed E-state index contributed by atoms with van der Waals surface area (Å²) in [4.78, 5) is 45.9. The SMILES string of the molecule is CC(CBr)(c1ccc(Oc2ccc(C(=O)O)c(C(=O)O)c2)c(Br)c1)c1cc(Br)c(Oc2ccc(C(=O)O)c(C(=O)O)c2)c(Br)c1. The molecule has 232 valence electrons. The zero-order chi connectivity index (χ0) is 33.2. The minimum Gasteiger partial charge on any atom is -0.478 e. The number of carboxylic acid groups (broad SMARTS) is 4. The molecule has 0 amide bonds. The van der Waals surface area contributed by atoms with Crippen LogP contribution >= 0.6 is 63.7 Å². The van der Waals surface area contributed by atoms with E-state index in [9.17, 15) is 39.6 Å². The highest BCUT2D eigenvalue weighted by Crippen LogP contribution is 2.44. The second-order valence-electron chi connectivity index (χ2n) is 9.72. The van der Waals surface area contributed by atoms with E-state index in [1.165, 1.54) is 24.3 Å². The Hall–Kier alpha value is -3.72. The van der Waals surface area contributed by atoms with E-state index in [0.29, 0.717) is 30.2 Å². The molecule has 0 aliphatic rings. The van der Waals surface area contributed by atoms with Gasteiger partial charge in [-0.05, 0) is 120 Å². The number of ether oxygens (including phenoxy) is 2. The molecule has 0 heterocycles. The van der Waals surface area contributed by atoms with Gasteiger partial charge in [0.15, 0.2) is 5.75 Å². The van der Waals surface area contributed by atoms with Gasteiger partial charge in [-0.3, -0.25) is 0 Å². The second kappa shape index (κ2) is 13.7. The quantitative estimate of drug-likeness (QED) is 0.107. The summed E-state index contributed by atoms with van der Waals surface area (Å²) in [5.41, 5.74) is -0.407. The van der Waals surface area contributed by atoms with E-state index in [-0.39, 0.29) is 22.6 Å². The Balaban J connectivity index is 1.65. The molecule has 10 nitrogen and oxygen atoms in total. The first-order valence-corrected chi connectivity index (χ1v) is 16.1. The van der Waals surface area contributed by atoms with Crippen LogP contribution < -0.4 is 9.47 Å². The Morgan fingerprint density at radius 2 is 1.04 bits per heavy atom. The summed E-state index contributed by atoms with van der Waals surface area (Å²) in [7, 11) is 0. The lowest BCUT2D eigenvalue weighted by molar-refractivity contribution is 0.0651. The van der Waals surface area contributed by atoms with Crippen LogP contribution in [0.5, 0.6) is 23.0 Å². The molecule has 0 aliphatic heterocycles. The van der Waals surface area contributed by atoms with Crippen molar-refractivity contribution >= 4 is 87.6 Å². The van der Waals surface area contributed by atoms with E-state index in [1.807, 2.05) is 31.2 Å². The van der Waals surface area contributed by atoms with Crippen molar-refractivity contribution in [3.05, 3.63) is 114 Å². The van der Waals surface area contributed by atoms with Crippen LogP contribution in [0.25, 0.3) is 0 Å². The molecule has 4 aromatic rings. The second-order valence-corrected chi connectivity index (χ2v) is 12.8. The number of rotatable bonds is 11. The fraction of sp³-hybridized carbons (Fsp3) is 0.0968. The van der Waals surface area contributed by atoms with Gasteiger partial charge in [0, 0.05) is 10.7 Å². The van der Waals surface area contributed by atoms with E-state index in [4.69, 9.17) is 9.47 Å². The van der Waals surface area contributed by atoms with Crippen molar-refractivity contribution in [3.63, 3.8) is 0 Å². The van der Waals surface area contributed by atoms with Crippen LogP contribution in [0.2, 0.25) is 0 Å². The molecule has 0 fully saturated rings. The standard InChI is InChI=1S/C31H20Br4O10/c1-31(13-32,14-2-7-25(22(33)8-14)44-16-3-5-18(27(36)37)20(11-16)29(40)41)15-9-23(34)26(24(35)10-15)45-17-4-6-19(28(38)39)21(12-17)30(42)43/h2-12H,13H2,1H3,(H,36,37)(H,38,39)(H,40,41)(H,42,43). The third-order valence-electron chi connectivity index (χ3n) is 6.82. The van der Waals surface area contributed by atoms with E-state index in [1.54, 1.807) is 6.07 Å². The molecular weight excluding hydrogens is 852 g/mol. The molecule has 0 aliphatic carbocycles. The molecule has 0 saturated heterocycles. The lowest BCUT2D eigenvalue weighted by atomic mass is 9.78. The fourth-order valence-corrected chi connectivity index (χ4v) is 6.82. The van der Waals surface area contributed by atoms with E-state index >= 15 is 0 Å². The van der Waals surface area contributed by atoms with Crippen LogP contribution in [0.3, 0.4) is 0 Å². The fourth-order valence-electron chi connectivity index (χ4n) is 4.37.